The van der Waals surface area contributed by atoms with E-state index in [9.17, 15) is 0 Å². The Bertz CT molecular complexity index is 546. The van der Waals surface area contributed by atoms with E-state index >= 15 is 0 Å². The maximum Gasteiger partial charge on any atom is 0.0928 e. The highest BCUT2D eigenvalue weighted by atomic mass is 33.1. The Kier molecular flexibility index (Phi) is 7.78. The van der Waals surface area contributed by atoms with E-state index in [2.05, 4.69) is 58.3 Å². The largest absolute Gasteiger partial charge is 0.378 e. The third kappa shape index (κ3) is 6.28. The van der Waals surface area contributed by atoms with Gasteiger partial charge in [0, 0.05) is 39.6 Å². The van der Waals surface area contributed by atoms with Crippen molar-refractivity contribution in [2.24, 2.45) is 0 Å². The minimum atomic E-state index is 0.562. The first kappa shape index (κ1) is 19.0. The van der Waals surface area contributed by atoms with Gasteiger partial charge in [-0.2, -0.15) is 0 Å². The first-order valence-corrected chi connectivity index (χ1v) is 9.66. The molecular weight excluding hydrogens is 340 g/mol. The summed E-state index contributed by atoms with van der Waals surface area (Å²) < 4.78 is 11.1. The van der Waals surface area contributed by atoms with Crippen molar-refractivity contribution in [1.29, 1.82) is 0 Å². The first-order chi connectivity index (χ1) is 11.6. The van der Waals surface area contributed by atoms with E-state index in [-0.39, 0.29) is 0 Å². The number of hydrogen-bond donors (Lipinski definition) is 0. The normalized spacial score (nSPS) is 10.7. The molecule has 0 unspecified atom stereocenters. The highest BCUT2D eigenvalue weighted by molar-refractivity contribution is 8.73. The van der Waals surface area contributed by atoms with Crippen LogP contribution in [0.15, 0.2) is 48.5 Å². The summed E-state index contributed by atoms with van der Waals surface area (Å²) in [6, 6.07) is 16.7. The first-order valence-electron chi connectivity index (χ1n) is 7.66. The van der Waals surface area contributed by atoms with Crippen LogP contribution in [0, 0.1) is 0 Å². The smallest absolute Gasteiger partial charge is 0.0928 e. The van der Waals surface area contributed by atoms with Gasteiger partial charge < -0.3 is 9.80 Å². The Morgan fingerprint density at radius 1 is 0.625 bits per heavy atom. The third-order valence-corrected chi connectivity index (χ3v) is 4.71. The van der Waals surface area contributed by atoms with Gasteiger partial charge in [-0.25, -0.2) is 0 Å². The van der Waals surface area contributed by atoms with Crippen LogP contribution in [0.25, 0.3) is 0 Å². The van der Waals surface area contributed by atoms with Gasteiger partial charge in [-0.05, 0) is 35.4 Å². The standard InChI is InChI=1S/C18H24N2O2S2/c1-19(2)17-9-5-15(6-10-17)13-21-23-24-22-14-16-7-11-18(12-8-16)20(3)4/h5-12H,13-14H2,1-4H3. The van der Waals surface area contributed by atoms with Gasteiger partial charge in [0.2, 0.25) is 0 Å². The van der Waals surface area contributed by atoms with Gasteiger partial charge in [-0.15, -0.1) is 0 Å². The van der Waals surface area contributed by atoms with Gasteiger partial charge in [0.1, 0.15) is 0 Å². The quantitative estimate of drug-likeness (QED) is 0.361. The maximum atomic E-state index is 5.54. The highest BCUT2D eigenvalue weighted by Crippen LogP contribution is 2.27. The number of anilines is 2. The molecule has 0 aromatic heterocycles. The monoisotopic (exact) mass is 364 g/mol. The van der Waals surface area contributed by atoms with E-state index in [1.54, 1.807) is 0 Å². The van der Waals surface area contributed by atoms with Crippen LogP contribution in [-0.4, -0.2) is 28.2 Å². The van der Waals surface area contributed by atoms with E-state index in [0.717, 1.165) is 11.1 Å². The molecule has 130 valence electrons. The molecule has 0 saturated heterocycles. The summed E-state index contributed by atoms with van der Waals surface area (Å²) >= 11 is 2.52. The molecule has 0 aliphatic heterocycles. The fourth-order valence-electron chi connectivity index (χ4n) is 2.00. The summed E-state index contributed by atoms with van der Waals surface area (Å²) in [7, 11) is 8.12. The highest BCUT2D eigenvalue weighted by Gasteiger charge is 2.00. The Labute approximate surface area is 152 Å². The van der Waals surface area contributed by atoms with Crippen molar-refractivity contribution >= 4 is 33.5 Å². The lowest BCUT2D eigenvalue weighted by Gasteiger charge is -2.12. The molecule has 2 aromatic carbocycles. The molecule has 4 nitrogen and oxygen atoms in total. The van der Waals surface area contributed by atoms with Crippen molar-refractivity contribution in [3.05, 3.63) is 59.7 Å². The Hall–Kier alpha value is -1.34. The van der Waals surface area contributed by atoms with Gasteiger partial charge in [0.05, 0.1) is 35.4 Å². The summed E-state index contributed by atoms with van der Waals surface area (Å²) in [6.45, 7) is 1.12. The fourth-order valence-corrected chi connectivity index (χ4v) is 2.98. The summed E-state index contributed by atoms with van der Waals surface area (Å²) in [5.74, 6) is 0. The zero-order valence-electron chi connectivity index (χ0n) is 14.6. The topological polar surface area (TPSA) is 24.9 Å². The second-order valence-electron chi connectivity index (χ2n) is 5.78. The van der Waals surface area contributed by atoms with Crippen LogP contribution in [0.1, 0.15) is 11.1 Å². The Balaban J connectivity index is 1.61. The summed E-state index contributed by atoms with van der Waals surface area (Å²) in [4.78, 5) is 4.16. The average molecular weight is 365 g/mol. The lowest BCUT2D eigenvalue weighted by Crippen LogP contribution is -2.08. The van der Waals surface area contributed by atoms with Gasteiger partial charge in [0.25, 0.3) is 0 Å². The van der Waals surface area contributed by atoms with E-state index in [1.165, 1.54) is 33.5 Å². The molecule has 2 rings (SSSR count). The van der Waals surface area contributed by atoms with Crippen molar-refractivity contribution in [2.45, 2.75) is 13.2 Å². The molecule has 0 amide bonds. The molecule has 0 fully saturated rings. The van der Waals surface area contributed by atoms with E-state index in [1.807, 2.05) is 28.2 Å². The molecule has 0 radical (unpaired) electrons. The van der Waals surface area contributed by atoms with Gasteiger partial charge >= 0.3 is 0 Å². The molecule has 0 heterocycles. The van der Waals surface area contributed by atoms with E-state index in [4.69, 9.17) is 8.37 Å². The molecule has 6 heteroatoms. The molecule has 0 atom stereocenters. The van der Waals surface area contributed by atoms with Crippen LogP contribution in [0.5, 0.6) is 0 Å². The second-order valence-corrected chi connectivity index (χ2v) is 7.34. The molecule has 0 aliphatic rings. The molecule has 0 saturated carbocycles. The van der Waals surface area contributed by atoms with Gasteiger partial charge in [0.15, 0.2) is 0 Å². The lowest BCUT2D eigenvalue weighted by atomic mass is 10.2. The molecular formula is C18H24N2O2S2. The molecule has 0 aliphatic carbocycles. The third-order valence-electron chi connectivity index (χ3n) is 3.48. The predicted octanol–water partition coefficient (Wildman–Crippen LogP) is 4.76. The molecule has 0 bridgehead atoms. The minimum absolute atomic E-state index is 0.562. The van der Waals surface area contributed by atoms with Gasteiger partial charge in [-0.1, -0.05) is 24.3 Å². The fraction of sp³-hybridized carbons (Fsp3) is 0.333. The number of rotatable bonds is 9. The van der Waals surface area contributed by atoms with Crippen molar-refractivity contribution in [3.63, 3.8) is 0 Å². The van der Waals surface area contributed by atoms with Crippen molar-refractivity contribution in [1.82, 2.24) is 0 Å². The molecule has 0 spiro atoms. The zero-order chi connectivity index (χ0) is 17.4. The van der Waals surface area contributed by atoms with Crippen LogP contribution < -0.4 is 9.80 Å². The van der Waals surface area contributed by atoms with Crippen molar-refractivity contribution < 1.29 is 8.37 Å². The van der Waals surface area contributed by atoms with Crippen molar-refractivity contribution in [3.8, 4) is 0 Å². The average Bonchev–Trinajstić information content (AvgIpc) is 2.58. The second kappa shape index (κ2) is 9.84. The summed E-state index contributed by atoms with van der Waals surface area (Å²) in [6.07, 6.45) is 0. The number of benzene rings is 2. The van der Waals surface area contributed by atoms with Crippen LogP contribution >= 0.6 is 22.1 Å². The van der Waals surface area contributed by atoms with E-state index < -0.39 is 0 Å². The van der Waals surface area contributed by atoms with Crippen LogP contribution in [0.3, 0.4) is 0 Å². The van der Waals surface area contributed by atoms with Crippen molar-refractivity contribution in [2.75, 3.05) is 38.0 Å². The molecule has 24 heavy (non-hydrogen) atoms. The number of nitrogens with zero attached hydrogens (tertiary/aromatic N) is 2. The Morgan fingerprint density at radius 3 is 1.25 bits per heavy atom. The Morgan fingerprint density at radius 2 is 0.958 bits per heavy atom. The predicted molar refractivity (Wildman–Crippen MR) is 106 cm³/mol. The minimum Gasteiger partial charge on any atom is -0.378 e. The lowest BCUT2D eigenvalue weighted by molar-refractivity contribution is 0.356. The zero-order valence-corrected chi connectivity index (χ0v) is 16.2. The molecule has 0 N–H and O–H groups in total. The maximum absolute atomic E-state index is 5.54. The van der Waals surface area contributed by atoms with Crippen LogP contribution in [0.2, 0.25) is 0 Å². The van der Waals surface area contributed by atoms with Gasteiger partial charge in [-0.3, -0.25) is 8.37 Å². The number of hydrogen-bond acceptors (Lipinski definition) is 6. The van der Waals surface area contributed by atoms with Crippen LogP contribution in [-0.2, 0) is 21.6 Å². The SMILES string of the molecule is CN(C)c1ccc(COSSOCc2ccc(N(C)C)cc2)cc1. The summed E-state index contributed by atoms with van der Waals surface area (Å²) in [5.41, 5.74) is 4.66. The van der Waals surface area contributed by atoms with E-state index in [0.29, 0.717) is 13.2 Å². The van der Waals surface area contributed by atoms with Crippen LogP contribution in [0.4, 0.5) is 11.4 Å². The molecule has 2 aromatic rings. The summed E-state index contributed by atoms with van der Waals surface area (Å²) in [5, 5.41) is 0.